The van der Waals surface area contributed by atoms with Gasteiger partial charge in [-0.15, -0.1) is 0 Å². The third-order valence-electron chi connectivity index (χ3n) is 2.86. The number of halogens is 3. The molecule has 0 saturated carbocycles. The van der Waals surface area contributed by atoms with Crippen molar-refractivity contribution in [1.82, 2.24) is 9.44 Å². The van der Waals surface area contributed by atoms with Crippen LogP contribution in [0.4, 0.5) is 13.2 Å². The normalized spacial score (nSPS) is 23.2. The first kappa shape index (κ1) is 15.8. The van der Waals surface area contributed by atoms with Crippen LogP contribution in [0.1, 0.15) is 30.5 Å². The van der Waals surface area contributed by atoms with E-state index in [0.29, 0.717) is 12.1 Å². The van der Waals surface area contributed by atoms with Gasteiger partial charge in [-0.05, 0) is 24.1 Å². The second-order valence-corrected chi connectivity index (χ2v) is 5.99. The summed E-state index contributed by atoms with van der Waals surface area (Å²) in [6.07, 6.45) is -3.70. The largest absolute Gasteiger partial charge is 0.416 e. The highest BCUT2D eigenvalue weighted by molar-refractivity contribution is 7.88. The molecule has 1 unspecified atom stereocenters. The van der Waals surface area contributed by atoms with Crippen LogP contribution in [-0.2, 0) is 16.4 Å². The van der Waals surface area contributed by atoms with Gasteiger partial charge < -0.3 is 0 Å². The molecule has 1 aromatic carbocycles. The summed E-state index contributed by atoms with van der Waals surface area (Å²) in [5.41, 5.74) is -0.390. The van der Waals surface area contributed by atoms with E-state index in [2.05, 4.69) is 14.4 Å². The molecule has 0 aliphatic carbocycles. The van der Waals surface area contributed by atoms with Gasteiger partial charge in [0, 0.05) is 6.54 Å². The fraction of sp³-hybridized carbons (Fsp3) is 0.417. The van der Waals surface area contributed by atoms with E-state index in [1.165, 1.54) is 12.1 Å². The third kappa shape index (κ3) is 3.73. The number of alkyl halides is 3. The lowest BCUT2D eigenvalue weighted by Crippen LogP contribution is -2.24. The van der Waals surface area contributed by atoms with Gasteiger partial charge in [0.1, 0.15) is 11.9 Å². The summed E-state index contributed by atoms with van der Waals surface area (Å²) in [7, 11) is -3.71. The Morgan fingerprint density at radius 1 is 1.24 bits per heavy atom. The smallest absolute Gasteiger partial charge is 0.270 e. The lowest BCUT2D eigenvalue weighted by atomic mass is 10.0. The lowest BCUT2D eigenvalue weighted by Gasteiger charge is -2.11. The quantitative estimate of drug-likeness (QED) is 0.894. The molecule has 0 spiro atoms. The number of nitrogens with one attached hydrogen (secondary N) is 2. The minimum Gasteiger partial charge on any atom is -0.270 e. The molecule has 1 fully saturated rings. The number of benzene rings is 1. The van der Waals surface area contributed by atoms with Crippen LogP contribution in [0.5, 0.6) is 0 Å². The lowest BCUT2D eigenvalue weighted by molar-refractivity contribution is -0.137. The van der Waals surface area contributed by atoms with Crippen LogP contribution < -0.4 is 9.44 Å². The van der Waals surface area contributed by atoms with E-state index in [4.69, 9.17) is 0 Å². The number of nitrogens with zero attached hydrogens (tertiary/aromatic N) is 1. The molecule has 9 heteroatoms. The number of hydrogen-bond acceptors (Lipinski definition) is 3. The molecule has 2 rings (SSSR count). The molecular formula is C12H14F3N3O2S. The second-order valence-electron chi connectivity index (χ2n) is 4.54. The van der Waals surface area contributed by atoms with Gasteiger partial charge in [-0.2, -0.15) is 26.3 Å². The summed E-state index contributed by atoms with van der Waals surface area (Å²) in [6, 6.07) is 3.53. The Balaban J connectivity index is 2.31. The average Bonchev–Trinajstić information content (AvgIpc) is 2.71. The van der Waals surface area contributed by atoms with Crippen molar-refractivity contribution in [1.29, 1.82) is 0 Å². The van der Waals surface area contributed by atoms with Gasteiger partial charge in [0.05, 0.1) is 5.56 Å². The van der Waals surface area contributed by atoms with Gasteiger partial charge in [0.2, 0.25) is 0 Å². The van der Waals surface area contributed by atoms with E-state index in [9.17, 15) is 21.6 Å². The molecular weight excluding hydrogens is 307 g/mol. The summed E-state index contributed by atoms with van der Waals surface area (Å²) in [5.74, 6) is 0.191. The Bertz CT molecular complexity index is 639. The number of hydrogen-bond donors (Lipinski definition) is 2. The van der Waals surface area contributed by atoms with E-state index in [-0.39, 0.29) is 5.84 Å². The molecule has 1 aliphatic rings. The Morgan fingerprint density at radius 3 is 2.38 bits per heavy atom. The van der Waals surface area contributed by atoms with Crippen molar-refractivity contribution in [3.8, 4) is 0 Å². The molecule has 1 aromatic rings. The van der Waals surface area contributed by atoms with Crippen molar-refractivity contribution in [2.75, 3.05) is 6.54 Å². The van der Waals surface area contributed by atoms with E-state index in [0.717, 1.165) is 18.6 Å². The first-order valence-corrected chi connectivity index (χ1v) is 7.73. The standard InChI is InChI=1S/C12H14F3N3O2S/c1-2-7-16-11-10(17-21(19,20)18-11)8-3-5-9(6-4-8)12(13,14)15/h3-6,10,17H,2,7H2,1H3,(H,16,18). The van der Waals surface area contributed by atoms with E-state index in [1.54, 1.807) is 0 Å². The molecule has 0 radical (unpaired) electrons. The molecule has 1 saturated heterocycles. The van der Waals surface area contributed by atoms with Crippen LogP contribution in [0.3, 0.4) is 0 Å². The molecule has 1 heterocycles. The van der Waals surface area contributed by atoms with Gasteiger partial charge in [-0.3, -0.25) is 9.71 Å². The van der Waals surface area contributed by atoms with Gasteiger partial charge >= 0.3 is 16.4 Å². The highest BCUT2D eigenvalue weighted by Crippen LogP contribution is 2.30. The summed E-state index contributed by atoms with van der Waals surface area (Å²) in [6.45, 7) is 2.31. The maximum Gasteiger partial charge on any atom is 0.416 e. The first-order chi connectivity index (χ1) is 9.73. The van der Waals surface area contributed by atoms with E-state index < -0.39 is 28.0 Å². The van der Waals surface area contributed by atoms with Crippen molar-refractivity contribution in [2.24, 2.45) is 4.99 Å². The van der Waals surface area contributed by atoms with Crippen LogP contribution in [0, 0.1) is 0 Å². The highest BCUT2D eigenvalue weighted by Gasteiger charge is 2.35. The van der Waals surface area contributed by atoms with Crippen LogP contribution in [0.15, 0.2) is 29.3 Å². The molecule has 2 N–H and O–H groups in total. The maximum absolute atomic E-state index is 12.5. The molecule has 116 valence electrons. The number of amidine groups is 1. The van der Waals surface area contributed by atoms with Gasteiger partial charge in [0.25, 0.3) is 0 Å². The Labute approximate surface area is 120 Å². The highest BCUT2D eigenvalue weighted by atomic mass is 32.2. The summed E-state index contributed by atoms with van der Waals surface area (Å²) >= 11 is 0. The zero-order valence-corrected chi connectivity index (χ0v) is 11.9. The van der Waals surface area contributed by atoms with Crippen molar-refractivity contribution in [3.63, 3.8) is 0 Å². The molecule has 21 heavy (non-hydrogen) atoms. The minimum absolute atomic E-state index is 0.191. The van der Waals surface area contributed by atoms with Crippen molar-refractivity contribution >= 4 is 16.0 Å². The summed E-state index contributed by atoms with van der Waals surface area (Å²) in [5, 5.41) is 0. The van der Waals surface area contributed by atoms with Crippen LogP contribution in [0.2, 0.25) is 0 Å². The molecule has 1 aliphatic heterocycles. The summed E-state index contributed by atoms with van der Waals surface area (Å²) < 4.78 is 65.2. The third-order valence-corrected chi connectivity index (χ3v) is 3.89. The van der Waals surface area contributed by atoms with Gasteiger partial charge in [0.15, 0.2) is 0 Å². The second kappa shape index (κ2) is 5.64. The van der Waals surface area contributed by atoms with Gasteiger partial charge in [-0.1, -0.05) is 19.1 Å². The van der Waals surface area contributed by atoms with Crippen LogP contribution in [-0.4, -0.2) is 20.8 Å². The first-order valence-electron chi connectivity index (χ1n) is 6.24. The minimum atomic E-state index is -4.43. The monoisotopic (exact) mass is 321 g/mol. The van der Waals surface area contributed by atoms with E-state index >= 15 is 0 Å². The predicted molar refractivity (Wildman–Crippen MR) is 72.0 cm³/mol. The van der Waals surface area contributed by atoms with Crippen molar-refractivity contribution < 1.29 is 21.6 Å². The van der Waals surface area contributed by atoms with Crippen molar-refractivity contribution in [2.45, 2.75) is 25.6 Å². The van der Waals surface area contributed by atoms with E-state index in [1.807, 2.05) is 6.92 Å². The Morgan fingerprint density at radius 2 is 1.86 bits per heavy atom. The SMILES string of the molecule is CCCN=C1NS(=O)(=O)NC1c1ccc(C(F)(F)F)cc1. The summed E-state index contributed by atoms with van der Waals surface area (Å²) in [4.78, 5) is 4.11. The molecule has 0 amide bonds. The molecule has 5 nitrogen and oxygen atoms in total. The number of aliphatic imine (C=N–C) groups is 1. The molecule has 0 aromatic heterocycles. The molecule has 0 bridgehead atoms. The Hall–Kier alpha value is -1.61. The zero-order chi connectivity index (χ0) is 15.7. The average molecular weight is 321 g/mol. The van der Waals surface area contributed by atoms with Crippen molar-refractivity contribution in [3.05, 3.63) is 35.4 Å². The topological polar surface area (TPSA) is 70.6 Å². The fourth-order valence-electron chi connectivity index (χ4n) is 1.88. The number of rotatable bonds is 3. The van der Waals surface area contributed by atoms with Crippen LogP contribution >= 0.6 is 0 Å². The van der Waals surface area contributed by atoms with Crippen LogP contribution in [0.25, 0.3) is 0 Å². The Kier molecular flexibility index (Phi) is 4.24. The predicted octanol–water partition coefficient (Wildman–Crippen LogP) is 1.99. The molecule has 1 atom stereocenters. The maximum atomic E-state index is 12.5. The van der Waals surface area contributed by atoms with Gasteiger partial charge in [-0.25, -0.2) is 0 Å². The zero-order valence-electron chi connectivity index (χ0n) is 11.1. The fourth-order valence-corrected chi connectivity index (χ4v) is 2.96.